The van der Waals surface area contributed by atoms with E-state index < -0.39 is 5.97 Å². The molecular weight excluding hydrogens is 274 g/mol. The van der Waals surface area contributed by atoms with Crippen LogP contribution in [0.2, 0.25) is 0 Å². The Hall–Kier alpha value is -2.32. The number of hydrogen-bond donors (Lipinski definition) is 0. The largest absolute Gasteiger partial charge is 0.494 e. The van der Waals surface area contributed by atoms with E-state index in [0.717, 1.165) is 16.3 Å². The van der Waals surface area contributed by atoms with Crippen molar-refractivity contribution in [2.75, 3.05) is 13.2 Å². The predicted octanol–water partition coefficient (Wildman–Crippen LogP) is 3.00. The van der Waals surface area contributed by atoms with Gasteiger partial charge in [0.2, 0.25) is 0 Å². The number of thiazole rings is 1. The number of rotatable bonds is 5. The molecule has 5 heteroatoms. The molecule has 1 aromatic carbocycles. The summed E-state index contributed by atoms with van der Waals surface area (Å²) in [5, 5.41) is 2.41. The average molecular weight is 287 g/mol. The van der Waals surface area contributed by atoms with Crippen LogP contribution in [-0.2, 0) is 4.74 Å². The molecule has 1 heterocycles. The second-order valence-corrected chi connectivity index (χ2v) is 4.63. The van der Waals surface area contributed by atoms with Crippen molar-refractivity contribution in [3.8, 4) is 28.7 Å². The molecule has 0 fully saturated rings. The Balaban J connectivity index is 2.12. The number of hydrogen-bond acceptors (Lipinski definition) is 5. The Kier molecular flexibility index (Phi) is 4.75. The highest BCUT2D eigenvalue weighted by molar-refractivity contribution is 7.13. The molecule has 0 aliphatic rings. The van der Waals surface area contributed by atoms with Crippen LogP contribution in [-0.4, -0.2) is 24.2 Å². The topological polar surface area (TPSA) is 48.4 Å². The molecule has 0 radical (unpaired) electrons. The normalized spacial score (nSPS) is 9.80. The zero-order valence-electron chi connectivity index (χ0n) is 11.0. The minimum atomic E-state index is -0.503. The highest BCUT2D eigenvalue weighted by Gasteiger charge is 2.12. The third kappa shape index (κ3) is 3.37. The molecule has 0 saturated carbocycles. The lowest BCUT2D eigenvalue weighted by molar-refractivity contribution is 0.0551. The molecule has 0 unspecified atom stereocenters. The van der Waals surface area contributed by atoms with Crippen molar-refractivity contribution in [1.29, 1.82) is 0 Å². The number of esters is 1. The number of nitrogens with zero attached hydrogens (tertiary/aromatic N) is 1. The summed E-state index contributed by atoms with van der Waals surface area (Å²) < 4.78 is 10.2. The quantitative estimate of drug-likeness (QED) is 0.626. The van der Waals surface area contributed by atoms with Crippen LogP contribution in [0.3, 0.4) is 0 Å². The van der Waals surface area contributed by atoms with Gasteiger partial charge in [0.15, 0.2) is 12.3 Å². The summed E-state index contributed by atoms with van der Waals surface area (Å²) in [5.74, 6) is 2.55. The number of aromatic nitrogens is 1. The number of carbonyl (C=O) groups is 1. The fourth-order valence-corrected chi connectivity index (χ4v) is 2.34. The summed E-state index contributed by atoms with van der Waals surface area (Å²) >= 11 is 1.38. The van der Waals surface area contributed by atoms with Crippen molar-refractivity contribution in [2.45, 2.75) is 6.92 Å². The highest BCUT2D eigenvalue weighted by atomic mass is 32.1. The van der Waals surface area contributed by atoms with Gasteiger partial charge in [-0.2, -0.15) is 0 Å². The van der Waals surface area contributed by atoms with E-state index in [1.54, 1.807) is 5.38 Å². The molecule has 0 aliphatic heterocycles. The van der Waals surface area contributed by atoms with E-state index in [9.17, 15) is 4.79 Å². The first-order valence-corrected chi connectivity index (χ1v) is 6.92. The van der Waals surface area contributed by atoms with Gasteiger partial charge in [-0.15, -0.1) is 17.8 Å². The Labute approximate surface area is 121 Å². The third-order valence-electron chi connectivity index (χ3n) is 2.41. The molecule has 2 aromatic rings. The predicted molar refractivity (Wildman–Crippen MR) is 77.8 cm³/mol. The molecule has 0 saturated heterocycles. The maximum absolute atomic E-state index is 11.6. The van der Waals surface area contributed by atoms with Gasteiger partial charge in [-0.05, 0) is 31.2 Å². The van der Waals surface area contributed by atoms with Gasteiger partial charge in [-0.1, -0.05) is 5.92 Å². The van der Waals surface area contributed by atoms with E-state index in [0.29, 0.717) is 6.61 Å². The number of ether oxygens (including phenoxy) is 2. The van der Waals surface area contributed by atoms with Crippen molar-refractivity contribution in [3.05, 3.63) is 35.3 Å². The maximum atomic E-state index is 11.6. The van der Waals surface area contributed by atoms with Gasteiger partial charge in [0.1, 0.15) is 10.8 Å². The molecule has 102 valence electrons. The minimum Gasteiger partial charge on any atom is -0.494 e. The second kappa shape index (κ2) is 6.73. The van der Waals surface area contributed by atoms with E-state index in [2.05, 4.69) is 10.9 Å². The van der Waals surface area contributed by atoms with Crippen molar-refractivity contribution in [1.82, 2.24) is 4.98 Å². The summed E-state index contributed by atoms with van der Waals surface area (Å²) in [6.45, 7) is 2.51. The van der Waals surface area contributed by atoms with Crippen LogP contribution in [0.15, 0.2) is 29.6 Å². The highest BCUT2D eigenvalue weighted by Crippen LogP contribution is 2.26. The summed E-state index contributed by atoms with van der Waals surface area (Å²) in [7, 11) is 0. The number of benzene rings is 1. The van der Waals surface area contributed by atoms with Crippen molar-refractivity contribution >= 4 is 17.3 Å². The molecule has 4 nitrogen and oxygen atoms in total. The van der Waals surface area contributed by atoms with Crippen LogP contribution in [0.1, 0.15) is 17.4 Å². The summed E-state index contributed by atoms with van der Waals surface area (Å²) in [5.41, 5.74) is 1.20. The molecule has 0 aliphatic carbocycles. The Morgan fingerprint density at radius 2 is 2.15 bits per heavy atom. The van der Waals surface area contributed by atoms with Gasteiger partial charge >= 0.3 is 5.97 Å². The molecule has 1 aromatic heterocycles. The summed E-state index contributed by atoms with van der Waals surface area (Å²) in [4.78, 5) is 15.8. The zero-order valence-corrected chi connectivity index (χ0v) is 11.8. The number of terminal acetylenes is 1. The first-order valence-electron chi connectivity index (χ1n) is 6.04. The first kappa shape index (κ1) is 14.1. The third-order valence-corrected chi connectivity index (χ3v) is 3.30. The van der Waals surface area contributed by atoms with E-state index in [4.69, 9.17) is 15.9 Å². The lowest BCUT2D eigenvalue weighted by Gasteiger charge is -2.02. The SMILES string of the molecule is C#CCOC(=O)c1csc(-c2ccc(OCC)cc2)n1. The van der Waals surface area contributed by atoms with E-state index in [-0.39, 0.29) is 12.3 Å². The van der Waals surface area contributed by atoms with Crippen LogP contribution in [0.5, 0.6) is 5.75 Å². The fourth-order valence-electron chi connectivity index (χ4n) is 1.54. The Morgan fingerprint density at radius 1 is 1.40 bits per heavy atom. The fraction of sp³-hybridized carbons (Fsp3) is 0.200. The van der Waals surface area contributed by atoms with Crippen LogP contribution < -0.4 is 4.74 Å². The van der Waals surface area contributed by atoms with Crippen molar-refractivity contribution in [3.63, 3.8) is 0 Å². The van der Waals surface area contributed by atoms with Crippen molar-refractivity contribution in [2.24, 2.45) is 0 Å². The van der Waals surface area contributed by atoms with Gasteiger partial charge in [0.25, 0.3) is 0 Å². The molecule has 2 rings (SSSR count). The van der Waals surface area contributed by atoms with Crippen LogP contribution in [0.25, 0.3) is 10.6 Å². The smallest absolute Gasteiger partial charge is 0.358 e. The Bertz CT molecular complexity index is 625. The van der Waals surface area contributed by atoms with Gasteiger partial charge in [-0.25, -0.2) is 9.78 Å². The van der Waals surface area contributed by atoms with Gasteiger partial charge in [0.05, 0.1) is 6.61 Å². The molecule has 0 bridgehead atoms. The van der Waals surface area contributed by atoms with Gasteiger partial charge in [0, 0.05) is 10.9 Å². The van der Waals surface area contributed by atoms with Crippen LogP contribution >= 0.6 is 11.3 Å². The molecule has 0 spiro atoms. The molecule has 20 heavy (non-hydrogen) atoms. The van der Waals surface area contributed by atoms with E-state index in [1.807, 2.05) is 31.2 Å². The molecule has 0 atom stereocenters. The Morgan fingerprint density at radius 3 is 2.80 bits per heavy atom. The van der Waals surface area contributed by atoms with Gasteiger partial charge < -0.3 is 9.47 Å². The van der Waals surface area contributed by atoms with E-state index in [1.165, 1.54) is 11.3 Å². The maximum Gasteiger partial charge on any atom is 0.358 e. The van der Waals surface area contributed by atoms with Crippen LogP contribution in [0.4, 0.5) is 0 Å². The molecular formula is C15H13NO3S. The minimum absolute atomic E-state index is 0.0469. The van der Waals surface area contributed by atoms with Crippen molar-refractivity contribution < 1.29 is 14.3 Å². The van der Waals surface area contributed by atoms with Gasteiger partial charge in [-0.3, -0.25) is 0 Å². The lowest BCUT2D eigenvalue weighted by atomic mass is 10.2. The number of carbonyl (C=O) groups excluding carboxylic acids is 1. The standard InChI is InChI=1S/C15H13NO3S/c1-3-9-19-15(17)13-10-20-14(16-13)11-5-7-12(8-6-11)18-4-2/h1,5-8,10H,4,9H2,2H3. The molecule has 0 N–H and O–H groups in total. The average Bonchev–Trinajstić information content (AvgIpc) is 2.96. The van der Waals surface area contributed by atoms with E-state index >= 15 is 0 Å². The summed E-state index contributed by atoms with van der Waals surface area (Å²) in [6.07, 6.45) is 5.03. The zero-order chi connectivity index (χ0) is 14.4. The van der Waals surface area contributed by atoms with Crippen LogP contribution in [0, 0.1) is 12.3 Å². The second-order valence-electron chi connectivity index (χ2n) is 3.78. The monoisotopic (exact) mass is 287 g/mol. The summed E-state index contributed by atoms with van der Waals surface area (Å²) in [6, 6.07) is 7.55. The molecule has 0 amide bonds. The lowest BCUT2D eigenvalue weighted by Crippen LogP contribution is -2.05. The first-order chi connectivity index (χ1) is 9.74.